The number of aryl methyl sites for hydroxylation is 1. The third-order valence-corrected chi connectivity index (χ3v) is 3.87. The second-order valence-corrected chi connectivity index (χ2v) is 6.11. The minimum atomic E-state index is -0.601. The van der Waals surface area contributed by atoms with Gasteiger partial charge in [0.2, 0.25) is 5.75 Å². The number of hydrogen-bond acceptors (Lipinski definition) is 5. The molecule has 2 aromatic carbocycles. The number of rotatable bonds is 6. The van der Waals surface area contributed by atoms with E-state index in [9.17, 15) is 4.79 Å². The maximum atomic E-state index is 12.1. The van der Waals surface area contributed by atoms with Gasteiger partial charge in [-0.25, -0.2) is 4.79 Å². The SMILES string of the molecule is COc1cccc(OC)c1OC(=O)COc1c(C)cc(Br)cc1Cl. The van der Waals surface area contributed by atoms with Crippen LogP contribution in [0.3, 0.4) is 0 Å². The lowest BCUT2D eigenvalue weighted by atomic mass is 10.2. The van der Waals surface area contributed by atoms with Crippen molar-refractivity contribution in [2.45, 2.75) is 6.92 Å². The summed E-state index contributed by atoms with van der Waals surface area (Å²) in [5.41, 5.74) is 0.803. The maximum Gasteiger partial charge on any atom is 0.349 e. The van der Waals surface area contributed by atoms with Gasteiger partial charge in [0.15, 0.2) is 18.1 Å². The molecule has 0 aliphatic rings. The van der Waals surface area contributed by atoms with Crippen LogP contribution in [0, 0.1) is 6.92 Å². The molecule has 24 heavy (non-hydrogen) atoms. The largest absolute Gasteiger partial charge is 0.493 e. The van der Waals surface area contributed by atoms with E-state index < -0.39 is 5.97 Å². The van der Waals surface area contributed by atoms with Gasteiger partial charge in [-0.2, -0.15) is 0 Å². The van der Waals surface area contributed by atoms with Crippen LogP contribution in [0.2, 0.25) is 5.02 Å². The van der Waals surface area contributed by atoms with E-state index in [0.29, 0.717) is 22.3 Å². The Morgan fingerprint density at radius 3 is 2.29 bits per heavy atom. The number of halogens is 2. The molecule has 0 N–H and O–H groups in total. The molecule has 0 saturated heterocycles. The van der Waals surface area contributed by atoms with Gasteiger partial charge in [-0.15, -0.1) is 0 Å². The predicted octanol–water partition coefficient (Wildman–Crippen LogP) is 4.41. The normalized spacial score (nSPS) is 10.2. The van der Waals surface area contributed by atoms with Crippen molar-refractivity contribution in [3.63, 3.8) is 0 Å². The fourth-order valence-electron chi connectivity index (χ4n) is 2.06. The summed E-state index contributed by atoms with van der Waals surface area (Å²) in [5, 5.41) is 0.407. The zero-order valence-corrected chi connectivity index (χ0v) is 15.7. The first-order valence-corrected chi connectivity index (χ1v) is 8.13. The van der Waals surface area contributed by atoms with Gasteiger partial charge < -0.3 is 18.9 Å². The van der Waals surface area contributed by atoms with Crippen LogP contribution in [-0.2, 0) is 4.79 Å². The zero-order chi connectivity index (χ0) is 17.7. The maximum absolute atomic E-state index is 12.1. The molecule has 2 rings (SSSR count). The van der Waals surface area contributed by atoms with Gasteiger partial charge in [-0.05, 0) is 36.8 Å². The van der Waals surface area contributed by atoms with E-state index in [1.54, 1.807) is 24.3 Å². The highest BCUT2D eigenvalue weighted by Gasteiger charge is 2.17. The standard InChI is InChI=1S/C17H16BrClO5/c1-10-7-11(18)8-12(19)16(10)23-9-15(20)24-17-13(21-2)5-4-6-14(17)22-3/h4-8H,9H2,1-3H3. The summed E-state index contributed by atoms with van der Waals surface area (Å²) >= 11 is 9.47. The van der Waals surface area contributed by atoms with Gasteiger partial charge in [0.1, 0.15) is 5.75 Å². The Bertz CT molecular complexity index is 703. The highest BCUT2D eigenvalue weighted by atomic mass is 79.9. The number of ether oxygens (including phenoxy) is 4. The van der Waals surface area contributed by atoms with Gasteiger partial charge in [-0.1, -0.05) is 33.6 Å². The van der Waals surface area contributed by atoms with Gasteiger partial charge in [0.05, 0.1) is 19.2 Å². The number of hydrogen-bond donors (Lipinski definition) is 0. The van der Waals surface area contributed by atoms with Crippen molar-refractivity contribution in [3.8, 4) is 23.0 Å². The van der Waals surface area contributed by atoms with E-state index in [0.717, 1.165) is 10.0 Å². The Morgan fingerprint density at radius 2 is 1.75 bits per heavy atom. The van der Waals surface area contributed by atoms with E-state index in [1.807, 2.05) is 13.0 Å². The Morgan fingerprint density at radius 1 is 1.12 bits per heavy atom. The molecule has 128 valence electrons. The van der Waals surface area contributed by atoms with Crippen LogP contribution in [0.1, 0.15) is 5.56 Å². The quantitative estimate of drug-likeness (QED) is 0.516. The van der Waals surface area contributed by atoms with Crippen LogP contribution in [0.4, 0.5) is 0 Å². The lowest BCUT2D eigenvalue weighted by molar-refractivity contribution is -0.136. The summed E-state index contributed by atoms with van der Waals surface area (Å²) in [6, 6.07) is 8.61. The monoisotopic (exact) mass is 414 g/mol. The summed E-state index contributed by atoms with van der Waals surface area (Å²) in [6.07, 6.45) is 0. The molecule has 0 aliphatic carbocycles. The Hall–Kier alpha value is -1.92. The number of carbonyl (C=O) groups excluding carboxylic acids is 1. The van der Waals surface area contributed by atoms with Crippen molar-refractivity contribution in [3.05, 3.63) is 45.4 Å². The molecule has 2 aromatic rings. The van der Waals surface area contributed by atoms with Crippen molar-refractivity contribution in [1.29, 1.82) is 0 Å². The molecule has 0 radical (unpaired) electrons. The molecule has 0 bridgehead atoms. The number of methoxy groups -OCH3 is 2. The summed E-state index contributed by atoms with van der Waals surface area (Å²) in [5.74, 6) is 0.816. The van der Waals surface area contributed by atoms with Gasteiger partial charge >= 0.3 is 5.97 Å². The molecule has 0 unspecified atom stereocenters. The van der Waals surface area contributed by atoms with Crippen molar-refractivity contribution in [2.75, 3.05) is 20.8 Å². The molecule has 0 fully saturated rings. The van der Waals surface area contributed by atoms with Gasteiger partial charge in [0, 0.05) is 4.47 Å². The lowest BCUT2D eigenvalue weighted by Gasteiger charge is -2.14. The summed E-state index contributed by atoms with van der Waals surface area (Å²) in [4.78, 5) is 12.1. The average molecular weight is 416 g/mol. The van der Waals surface area contributed by atoms with Crippen molar-refractivity contribution in [2.24, 2.45) is 0 Å². The number of carbonyl (C=O) groups is 1. The van der Waals surface area contributed by atoms with E-state index in [1.165, 1.54) is 14.2 Å². The van der Waals surface area contributed by atoms with Crippen LogP contribution < -0.4 is 18.9 Å². The van der Waals surface area contributed by atoms with Crippen LogP contribution in [0.25, 0.3) is 0 Å². The highest BCUT2D eigenvalue weighted by Crippen LogP contribution is 2.37. The summed E-state index contributed by atoms with van der Waals surface area (Å²) < 4.78 is 22.0. The fourth-order valence-corrected chi connectivity index (χ4v) is 3.09. The highest BCUT2D eigenvalue weighted by molar-refractivity contribution is 9.10. The first kappa shape index (κ1) is 18.4. The second-order valence-electron chi connectivity index (χ2n) is 4.79. The predicted molar refractivity (Wildman–Crippen MR) is 94.6 cm³/mol. The third-order valence-electron chi connectivity index (χ3n) is 3.13. The molecule has 7 heteroatoms. The molecule has 0 heterocycles. The smallest absolute Gasteiger partial charge is 0.349 e. The lowest BCUT2D eigenvalue weighted by Crippen LogP contribution is -2.19. The third kappa shape index (κ3) is 4.33. The molecule has 0 amide bonds. The molecule has 5 nitrogen and oxygen atoms in total. The van der Waals surface area contributed by atoms with Crippen LogP contribution >= 0.6 is 27.5 Å². The Balaban J connectivity index is 2.10. The molecular formula is C17H16BrClO5. The van der Waals surface area contributed by atoms with E-state index >= 15 is 0 Å². The number of para-hydroxylation sites is 1. The van der Waals surface area contributed by atoms with E-state index in [4.69, 9.17) is 30.5 Å². The van der Waals surface area contributed by atoms with Gasteiger partial charge in [0.25, 0.3) is 0 Å². The average Bonchev–Trinajstić information content (AvgIpc) is 2.54. The fraction of sp³-hybridized carbons (Fsp3) is 0.235. The molecule has 0 saturated carbocycles. The first-order chi connectivity index (χ1) is 11.5. The number of esters is 1. The van der Waals surface area contributed by atoms with Crippen LogP contribution in [0.5, 0.6) is 23.0 Å². The van der Waals surface area contributed by atoms with Crippen molar-refractivity contribution in [1.82, 2.24) is 0 Å². The van der Waals surface area contributed by atoms with E-state index in [2.05, 4.69) is 15.9 Å². The Labute approximate surface area is 153 Å². The molecular weight excluding hydrogens is 400 g/mol. The summed E-state index contributed by atoms with van der Waals surface area (Å²) in [7, 11) is 2.96. The molecule has 0 aromatic heterocycles. The van der Waals surface area contributed by atoms with Crippen molar-refractivity contribution >= 4 is 33.5 Å². The minimum absolute atomic E-state index is 0.203. The zero-order valence-electron chi connectivity index (χ0n) is 13.4. The van der Waals surface area contributed by atoms with Crippen LogP contribution in [-0.4, -0.2) is 26.8 Å². The van der Waals surface area contributed by atoms with Gasteiger partial charge in [-0.3, -0.25) is 0 Å². The minimum Gasteiger partial charge on any atom is -0.493 e. The number of benzene rings is 2. The Kier molecular flexibility index (Phi) is 6.34. The second kappa shape index (κ2) is 8.26. The van der Waals surface area contributed by atoms with Crippen molar-refractivity contribution < 1.29 is 23.7 Å². The first-order valence-electron chi connectivity index (χ1n) is 6.96. The summed E-state index contributed by atoms with van der Waals surface area (Å²) in [6.45, 7) is 1.53. The molecule has 0 spiro atoms. The topological polar surface area (TPSA) is 54.0 Å². The molecule has 0 aliphatic heterocycles. The van der Waals surface area contributed by atoms with E-state index in [-0.39, 0.29) is 12.4 Å². The molecule has 0 atom stereocenters. The van der Waals surface area contributed by atoms with Crippen LogP contribution in [0.15, 0.2) is 34.8 Å².